The Morgan fingerprint density at radius 3 is 2.15 bits per heavy atom. The second-order valence-corrected chi connectivity index (χ2v) is 9.53. The zero-order chi connectivity index (χ0) is 19.3. The Kier molecular flexibility index (Phi) is 6.08. The summed E-state index contributed by atoms with van der Waals surface area (Å²) in [5.74, 6) is 0.737. The molecule has 6 heteroatoms. The summed E-state index contributed by atoms with van der Waals surface area (Å²) in [5, 5.41) is 0. The van der Waals surface area contributed by atoms with Gasteiger partial charge in [0.15, 0.2) is 0 Å². The van der Waals surface area contributed by atoms with Crippen LogP contribution in [0.25, 0.3) is 0 Å². The van der Waals surface area contributed by atoms with E-state index in [0.29, 0.717) is 6.61 Å². The third-order valence-corrected chi connectivity index (χ3v) is 7.44. The van der Waals surface area contributed by atoms with E-state index in [4.69, 9.17) is 4.74 Å². The summed E-state index contributed by atoms with van der Waals surface area (Å²) < 4.78 is 34.8. The zero-order valence-electron chi connectivity index (χ0n) is 15.2. The second kappa shape index (κ2) is 8.50. The normalized spacial score (nSPS) is 12.7. The van der Waals surface area contributed by atoms with Gasteiger partial charge in [0.1, 0.15) is 12.4 Å². The number of nitrogens with zero attached hydrogens (tertiary/aromatic N) is 1. The number of sulfonamides is 1. The van der Waals surface area contributed by atoms with Gasteiger partial charge in [-0.3, -0.25) is 0 Å². The van der Waals surface area contributed by atoms with Crippen LogP contribution in [0.1, 0.15) is 11.1 Å². The Labute approximate surface area is 163 Å². The predicted molar refractivity (Wildman–Crippen MR) is 110 cm³/mol. The molecule has 3 aromatic rings. The van der Waals surface area contributed by atoms with Crippen molar-refractivity contribution in [2.45, 2.75) is 23.3 Å². The third kappa shape index (κ3) is 5.28. The quantitative estimate of drug-likeness (QED) is 0.601. The van der Waals surface area contributed by atoms with Gasteiger partial charge in [-0.15, -0.1) is 3.77 Å². The highest BCUT2D eigenvalue weighted by molar-refractivity contribution is 7.99. The fourth-order valence-electron chi connectivity index (χ4n) is 2.42. The lowest BCUT2D eigenvalue weighted by atomic mass is 10.2. The van der Waals surface area contributed by atoms with Gasteiger partial charge in [0.25, 0.3) is 10.0 Å². The first kappa shape index (κ1) is 19.3. The lowest BCUT2D eigenvalue weighted by Crippen LogP contribution is -2.00. The summed E-state index contributed by atoms with van der Waals surface area (Å²) in [6, 6.07) is 24.1. The maximum Gasteiger partial charge on any atom is 0.288 e. The van der Waals surface area contributed by atoms with E-state index in [9.17, 15) is 8.42 Å². The monoisotopic (exact) mass is 399 g/mol. The SMILES string of the molecule is Cc1ccc(S(=O)(=O)/N=[S@](\C)c2ccc(OCc3ccccc3)cc2)cc1. The van der Waals surface area contributed by atoms with Gasteiger partial charge in [0, 0.05) is 4.90 Å². The van der Waals surface area contributed by atoms with Gasteiger partial charge >= 0.3 is 0 Å². The van der Waals surface area contributed by atoms with E-state index in [-0.39, 0.29) is 4.90 Å². The first-order valence-electron chi connectivity index (χ1n) is 8.41. The smallest absolute Gasteiger partial charge is 0.288 e. The summed E-state index contributed by atoms with van der Waals surface area (Å²) in [6.07, 6.45) is 1.80. The fourth-order valence-corrected chi connectivity index (χ4v) is 5.29. The van der Waals surface area contributed by atoms with Crippen molar-refractivity contribution in [3.05, 3.63) is 90.0 Å². The van der Waals surface area contributed by atoms with Gasteiger partial charge in [-0.25, -0.2) is 0 Å². The summed E-state index contributed by atoms with van der Waals surface area (Å²) in [4.78, 5) is 1.06. The molecule has 3 aromatic carbocycles. The highest BCUT2D eigenvalue weighted by Gasteiger charge is 2.13. The molecular weight excluding hydrogens is 378 g/mol. The number of rotatable bonds is 6. The molecule has 0 saturated heterocycles. The summed E-state index contributed by atoms with van der Waals surface area (Å²) in [6.45, 7) is 2.41. The van der Waals surface area contributed by atoms with E-state index in [1.807, 2.05) is 61.5 Å². The third-order valence-electron chi connectivity index (χ3n) is 3.94. The van der Waals surface area contributed by atoms with Crippen molar-refractivity contribution in [3.8, 4) is 5.75 Å². The van der Waals surface area contributed by atoms with Crippen molar-refractivity contribution in [2.24, 2.45) is 3.77 Å². The van der Waals surface area contributed by atoms with Crippen LogP contribution in [0.3, 0.4) is 0 Å². The minimum Gasteiger partial charge on any atom is -0.489 e. The van der Waals surface area contributed by atoms with E-state index < -0.39 is 20.7 Å². The van der Waals surface area contributed by atoms with E-state index >= 15 is 0 Å². The van der Waals surface area contributed by atoms with Crippen LogP contribution in [-0.2, 0) is 27.3 Å². The number of hydrogen-bond acceptors (Lipinski definition) is 3. The lowest BCUT2D eigenvalue weighted by Gasteiger charge is -2.08. The number of hydrogen-bond donors (Lipinski definition) is 0. The molecule has 0 unspecified atom stereocenters. The topological polar surface area (TPSA) is 55.7 Å². The highest BCUT2D eigenvalue weighted by Crippen LogP contribution is 2.20. The van der Waals surface area contributed by atoms with Gasteiger partial charge in [0.05, 0.1) is 4.90 Å². The van der Waals surface area contributed by atoms with Crippen molar-refractivity contribution in [3.63, 3.8) is 0 Å². The second-order valence-electron chi connectivity index (χ2n) is 6.09. The molecule has 0 radical (unpaired) electrons. The molecule has 0 aromatic heterocycles. The molecular formula is C21H21NO3S2. The summed E-state index contributed by atoms with van der Waals surface area (Å²) in [7, 11) is -4.45. The van der Waals surface area contributed by atoms with Crippen LogP contribution >= 0.6 is 0 Å². The molecule has 27 heavy (non-hydrogen) atoms. The minimum absolute atomic E-state index is 0.218. The molecule has 1 atom stereocenters. The average molecular weight is 400 g/mol. The Balaban J connectivity index is 1.72. The summed E-state index contributed by atoms with van der Waals surface area (Å²) in [5.41, 5.74) is 2.10. The molecule has 0 aliphatic carbocycles. The minimum atomic E-state index is -3.67. The Hall–Kier alpha value is -2.44. The van der Waals surface area contributed by atoms with Crippen molar-refractivity contribution in [1.29, 1.82) is 0 Å². The Morgan fingerprint density at radius 2 is 1.52 bits per heavy atom. The molecule has 0 saturated carbocycles. The molecule has 0 fully saturated rings. The number of ether oxygens (including phenoxy) is 1. The highest BCUT2D eigenvalue weighted by atomic mass is 32.3. The maximum absolute atomic E-state index is 12.5. The van der Waals surface area contributed by atoms with Crippen LogP contribution in [-0.4, -0.2) is 14.7 Å². The van der Waals surface area contributed by atoms with Gasteiger partial charge < -0.3 is 4.74 Å². The average Bonchev–Trinajstić information content (AvgIpc) is 2.67. The van der Waals surface area contributed by atoms with Gasteiger partial charge in [-0.05, 0) is 55.1 Å². The number of benzene rings is 3. The molecule has 0 bridgehead atoms. The van der Waals surface area contributed by atoms with Crippen LogP contribution in [0.5, 0.6) is 5.75 Å². The molecule has 3 rings (SSSR count). The molecule has 0 aliphatic rings. The fraction of sp³-hybridized carbons (Fsp3) is 0.143. The van der Waals surface area contributed by atoms with Crippen molar-refractivity contribution in [1.82, 2.24) is 0 Å². The molecule has 0 amide bonds. The van der Waals surface area contributed by atoms with E-state index in [0.717, 1.165) is 21.8 Å². The van der Waals surface area contributed by atoms with Crippen molar-refractivity contribution < 1.29 is 13.2 Å². The van der Waals surface area contributed by atoms with E-state index in [1.165, 1.54) is 0 Å². The first-order chi connectivity index (χ1) is 12.9. The molecule has 140 valence electrons. The van der Waals surface area contributed by atoms with Crippen molar-refractivity contribution >= 4 is 20.7 Å². The summed E-state index contributed by atoms with van der Waals surface area (Å²) >= 11 is 0. The maximum atomic E-state index is 12.5. The molecule has 0 N–H and O–H groups in total. The van der Waals surface area contributed by atoms with Crippen LogP contribution in [0.2, 0.25) is 0 Å². The van der Waals surface area contributed by atoms with Crippen LogP contribution < -0.4 is 4.74 Å². The Bertz CT molecular complexity index is 1030. The number of aryl methyl sites for hydroxylation is 1. The van der Waals surface area contributed by atoms with E-state index in [1.54, 1.807) is 30.5 Å². The van der Waals surface area contributed by atoms with Crippen LogP contribution in [0, 0.1) is 6.92 Å². The van der Waals surface area contributed by atoms with Gasteiger partial charge in [-0.2, -0.15) is 8.42 Å². The van der Waals surface area contributed by atoms with Crippen LogP contribution in [0.15, 0.2) is 92.4 Å². The van der Waals surface area contributed by atoms with Crippen molar-refractivity contribution in [2.75, 3.05) is 6.26 Å². The largest absolute Gasteiger partial charge is 0.489 e. The first-order valence-corrected chi connectivity index (χ1v) is 11.4. The molecule has 0 heterocycles. The molecule has 4 nitrogen and oxygen atoms in total. The molecule has 0 spiro atoms. The zero-order valence-corrected chi connectivity index (χ0v) is 16.8. The van der Waals surface area contributed by atoms with E-state index in [2.05, 4.69) is 3.77 Å². The molecule has 0 aliphatic heterocycles. The van der Waals surface area contributed by atoms with Gasteiger partial charge in [0.2, 0.25) is 0 Å². The van der Waals surface area contributed by atoms with Gasteiger partial charge in [-0.1, -0.05) is 58.7 Å². The standard InChI is InChI=1S/C21H21NO3S2/c1-17-8-14-21(15-9-17)27(23,24)22-26(2)20-12-10-19(11-13-20)25-16-18-6-4-3-5-7-18/h3-15H,16H2,1-2H3/t26-/m1/s1. The predicted octanol–water partition coefficient (Wildman–Crippen LogP) is 4.75. The lowest BCUT2D eigenvalue weighted by molar-refractivity contribution is 0.306. The van der Waals surface area contributed by atoms with Crippen LogP contribution in [0.4, 0.5) is 0 Å². The Morgan fingerprint density at radius 1 is 0.889 bits per heavy atom.